The largest absolute Gasteiger partial charge is 0.347 e. The van der Waals surface area contributed by atoms with Gasteiger partial charge in [-0.05, 0) is 29.7 Å². The van der Waals surface area contributed by atoms with E-state index < -0.39 is 5.79 Å². The van der Waals surface area contributed by atoms with Gasteiger partial charge >= 0.3 is 0 Å². The van der Waals surface area contributed by atoms with Gasteiger partial charge in [-0.15, -0.1) is 15.3 Å². The summed E-state index contributed by atoms with van der Waals surface area (Å²) in [4.78, 5) is 9.66. The normalized spacial score (nSPS) is 11.8. The number of unbranched alkanes of at least 4 members (excludes halogenated alkanes) is 3. The van der Waals surface area contributed by atoms with E-state index in [4.69, 9.17) is 24.5 Å². The lowest BCUT2D eigenvalue weighted by molar-refractivity contribution is -0.226. The van der Waals surface area contributed by atoms with Crippen LogP contribution in [-0.4, -0.2) is 54.6 Å². The maximum Gasteiger partial charge on any atom is 0.231 e. The smallest absolute Gasteiger partial charge is 0.231 e. The molecule has 0 unspecified atom stereocenters. The SMILES string of the molecule is CCCCCc1nc(C(CCCC)(OC)OC)nn1Cc1ccc(-c2ccccc2-c2nn[nH]n2)nc1. The van der Waals surface area contributed by atoms with Gasteiger partial charge in [0.05, 0.1) is 12.2 Å². The third-order valence-corrected chi connectivity index (χ3v) is 6.56. The van der Waals surface area contributed by atoms with Crippen LogP contribution in [0.2, 0.25) is 0 Å². The lowest BCUT2D eigenvalue weighted by atomic mass is 10.0. The summed E-state index contributed by atoms with van der Waals surface area (Å²) in [5, 5.41) is 19.3. The van der Waals surface area contributed by atoms with Gasteiger partial charge in [0.1, 0.15) is 5.82 Å². The molecule has 0 atom stereocenters. The highest BCUT2D eigenvalue weighted by atomic mass is 16.7. The first kappa shape index (κ1) is 26.6. The van der Waals surface area contributed by atoms with Gasteiger partial charge in [0.15, 0.2) is 0 Å². The van der Waals surface area contributed by atoms with Crippen molar-refractivity contribution in [2.75, 3.05) is 14.2 Å². The highest BCUT2D eigenvalue weighted by Crippen LogP contribution is 2.31. The van der Waals surface area contributed by atoms with Gasteiger partial charge in [0.25, 0.3) is 0 Å². The van der Waals surface area contributed by atoms with Crippen LogP contribution in [0, 0.1) is 0 Å². The van der Waals surface area contributed by atoms with Crippen molar-refractivity contribution in [3.8, 4) is 22.6 Å². The first-order chi connectivity index (χ1) is 18.1. The molecule has 4 aromatic rings. The van der Waals surface area contributed by atoms with Crippen molar-refractivity contribution in [3.05, 3.63) is 59.8 Å². The number of aromatic amines is 1. The van der Waals surface area contributed by atoms with E-state index in [1.165, 1.54) is 0 Å². The molecule has 0 spiro atoms. The van der Waals surface area contributed by atoms with Crippen molar-refractivity contribution >= 4 is 0 Å². The topological polar surface area (TPSA) is 117 Å². The molecular formula is C27H36N8O2. The van der Waals surface area contributed by atoms with E-state index in [1.807, 2.05) is 41.2 Å². The molecule has 37 heavy (non-hydrogen) atoms. The Morgan fingerprint density at radius 1 is 0.946 bits per heavy atom. The molecule has 0 fully saturated rings. The van der Waals surface area contributed by atoms with Crippen molar-refractivity contribution in [3.63, 3.8) is 0 Å². The average Bonchev–Trinajstić information content (AvgIpc) is 3.62. The standard InChI is InChI=1S/C27H36N8O2/c1-5-7-9-14-24-29-26(27(36-3,37-4)17-8-6-2)32-35(24)19-20-15-16-23(28-18-20)21-12-10-11-13-22(21)25-30-33-34-31-25/h10-13,15-16,18H,5-9,14,17,19H2,1-4H3,(H,30,31,33,34). The minimum absolute atomic E-state index is 0.538. The summed E-state index contributed by atoms with van der Waals surface area (Å²) >= 11 is 0. The molecule has 3 aromatic heterocycles. The van der Waals surface area contributed by atoms with E-state index >= 15 is 0 Å². The molecule has 1 aromatic carbocycles. The van der Waals surface area contributed by atoms with Crippen molar-refractivity contribution < 1.29 is 9.47 Å². The van der Waals surface area contributed by atoms with Gasteiger partial charge in [0.2, 0.25) is 17.4 Å². The third-order valence-electron chi connectivity index (χ3n) is 6.56. The number of benzene rings is 1. The van der Waals surface area contributed by atoms with E-state index in [1.54, 1.807) is 14.2 Å². The number of hydrogen-bond donors (Lipinski definition) is 1. The number of aryl methyl sites for hydroxylation is 1. The molecule has 0 aliphatic carbocycles. The summed E-state index contributed by atoms with van der Waals surface area (Å²) in [5.41, 5.74) is 3.68. The summed E-state index contributed by atoms with van der Waals surface area (Å²) in [6, 6.07) is 12.0. The summed E-state index contributed by atoms with van der Waals surface area (Å²) in [6.07, 6.45) is 8.77. The molecule has 1 N–H and O–H groups in total. The van der Waals surface area contributed by atoms with Crippen molar-refractivity contribution in [2.45, 2.75) is 71.1 Å². The van der Waals surface area contributed by atoms with Crippen molar-refractivity contribution in [2.24, 2.45) is 0 Å². The number of H-pyrrole nitrogens is 1. The Balaban J connectivity index is 1.61. The predicted molar refractivity (Wildman–Crippen MR) is 140 cm³/mol. The van der Waals surface area contributed by atoms with Crippen LogP contribution < -0.4 is 0 Å². The fourth-order valence-corrected chi connectivity index (χ4v) is 4.40. The minimum atomic E-state index is -0.943. The van der Waals surface area contributed by atoms with E-state index in [0.29, 0.717) is 24.6 Å². The van der Waals surface area contributed by atoms with E-state index in [2.05, 4.69) is 40.5 Å². The number of pyridine rings is 1. The Morgan fingerprint density at radius 2 is 1.73 bits per heavy atom. The van der Waals surface area contributed by atoms with Gasteiger partial charge in [-0.1, -0.05) is 63.4 Å². The highest BCUT2D eigenvalue weighted by Gasteiger charge is 2.37. The second kappa shape index (κ2) is 12.6. The molecule has 0 radical (unpaired) electrons. The molecule has 196 valence electrons. The Morgan fingerprint density at radius 3 is 2.38 bits per heavy atom. The summed E-state index contributed by atoms with van der Waals surface area (Å²) < 4.78 is 13.6. The molecule has 3 heterocycles. The molecule has 10 heteroatoms. The maximum absolute atomic E-state index is 5.84. The predicted octanol–water partition coefficient (Wildman–Crippen LogP) is 4.94. The zero-order chi connectivity index (χ0) is 26.1. The van der Waals surface area contributed by atoms with Crippen LogP contribution in [0.1, 0.15) is 69.6 Å². The number of tetrazole rings is 1. The lowest BCUT2D eigenvalue weighted by Gasteiger charge is -2.27. The first-order valence-electron chi connectivity index (χ1n) is 13.0. The number of aromatic nitrogens is 8. The summed E-state index contributed by atoms with van der Waals surface area (Å²) in [5.74, 6) is 1.11. The Bertz CT molecular complexity index is 1230. The lowest BCUT2D eigenvalue weighted by Crippen LogP contribution is -2.32. The monoisotopic (exact) mass is 504 g/mol. The first-order valence-corrected chi connectivity index (χ1v) is 13.0. The van der Waals surface area contributed by atoms with E-state index in [0.717, 1.165) is 66.7 Å². The number of nitrogens with zero attached hydrogens (tertiary/aromatic N) is 7. The zero-order valence-electron chi connectivity index (χ0n) is 22.1. The van der Waals surface area contributed by atoms with Crippen LogP contribution in [0.3, 0.4) is 0 Å². The molecule has 0 aliphatic heterocycles. The summed E-state index contributed by atoms with van der Waals surface area (Å²) in [6.45, 7) is 4.91. The maximum atomic E-state index is 5.84. The van der Waals surface area contributed by atoms with Crippen molar-refractivity contribution in [1.29, 1.82) is 0 Å². The van der Waals surface area contributed by atoms with Gasteiger partial charge in [-0.3, -0.25) is 4.98 Å². The van der Waals surface area contributed by atoms with Crippen LogP contribution >= 0.6 is 0 Å². The van der Waals surface area contributed by atoms with Gasteiger partial charge in [-0.25, -0.2) is 9.67 Å². The fraction of sp³-hybridized carbons (Fsp3) is 0.481. The number of rotatable bonds is 14. The molecule has 0 saturated carbocycles. The van der Waals surface area contributed by atoms with Gasteiger partial charge in [0, 0.05) is 44.4 Å². The Labute approximate surface area is 217 Å². The second-order valence-electron chi connectivity index (χ2n) is 9.06. The molecule has 10 nitrogen and oxygen atoms in total. The molecule has 4 rings (SSSR count). The molecule has 0 aliphatic rings. The molecule has 0 amide bonds. The average molecular weight is 505 g/mol. The number of hydrogen-bond acceptors (Lipinski definition) is 8. The number of ether oxygens (including phenoxy) is 2. The number of nitrogens with one attached hydrogen (secondary N) is 1. The van der Waals surface area contributed by atoms with E-state index in [-0.39, 0.29) is 0 Å². The Kier molecular flexibility index (Phi) is 9.08. The minimum Gasteiger partial charge on any atom is -0.347 e. The van der Waals surface area contributed by atoms with E-state index in [9.17, 15) is 0 Å². The molecular weight excluding hydrogens is 468 g/mol. The van der Waals surface area contributed by atoms with Crippen LogP contribution in [0.5, 0.6) is 0 Å². The van der Waals surface area contributed by atoms with Crippen LogP contribution in [-0.2, 0) is 28.2 Å². The summed E-state index contributed by atoms with van der Waals surface area (Å²) in [7, 11) is 3.32. The van der Waals surface area contributed by atoms with Crippen LogP contribution in [0.4, 0.5) is 0 Å². The fourth-order valence-electron chi connectivity index (χ4n) is 4.40. The molecule has 0 saturated heterocycles. The number of methoxy groups -OCH3 is 2. The van der Waals surface area contributed by atoms with Crippen molar-refractivity contribution in [1.82, 2.24) is 40.4 Å². The Hall–Kier alpha value is -3.50. The van der Waals surface area contributed by atoms with Gasteiger partial charge in [-0.2, -0.15) is 5.21 Å². The highest BCUT2D eigenvalue weighted by molar-refractivity contribution is 5.78. The third kappa shape index (κ3) is 6.08. The van der Waals surface area contributed by atoms with Gasteiger partial charge < -0.3 is 9.47 Å². The van der Waals surface area contributed by atoms with Crippen LogP contribution in [0.15, 0.2) is 42.6 Å². The zero-order valence-corrected chi connectivity index (χ0v) is 22.1. The second-order valence-corrected chi connectivity index (χ2v) is 9.06. The van der Waals surface area contributed by atoms with Crippen LogP contribution in [0.25, 0.3) is 22.6 Å². The molecule has 0 bridgehead atoms. The quantitative estimate of drug-likeness (QED) is 0.190.